The van der Waals surface area contributed by atoms with Gasteiger partial charge in [-0.15, -0.1) is 0 Å². The van der Waals surface area contributed by atoms with Gasteiger partial charge in [0.2, 0.25) is 11.8 Å². The van der Waals surface area contributed by atoms with E-state index < -0.39 is 6.04 Å². The Balaban J connectivity index is 1.83. The number of benzene rings is 2. The Morgan fingerprint density at radius 3 is 2.48 bits per heavy atom. The van der Waals surface area contributed by atoms with Crippen LogP contribution in [0.15, 0.2) is 42.5 Å². The lowest BCUT2D eigenvalue weighted by molar-refractivity contribution is -0.141. The molecule has 7 heteroatoms. The number of amides is 2. The lowest BCUT2D eigenvalue weighted by atomic mass is 9.95. The average molecular weight is 491 g/mol. The van der Waals surface area contributed by atoms with Gasteiger partial charge in [-0.1, -0.05) is 67.6 Å². The molecule has 0 aromatic heterocycles. The molecule has 3 rings (SSSR count). The van der Waals surface area contributed by atoms with Crippen LogP contribution in [0.25, 0.3) is 0 Å². The third-order valence-electron chi connectivity index (χ3n) is 6.16. The fourth-order valence-corrected chi connectivity index (χ4v) is 4.68. The molecule has 5 nitrogen and oxygen atoms in total. The van der Waals surface area contributed by atoms with Gasteiger partial charge in [0.15, 0.2) is 0 Å². The maximum Gasteiger partial charge on any atom is 0.243 e. The smallest absolute Gasteiger partial charge is 0.243 e. The van der Waals surface area contributed by atoms with E-state index in [2.05, 4.69) is 5.32 Å². The van der Waals surface area contributed by atoms with Crippen molar-refractivity contribution in [2.45, 2.75) is 70.5 Å². The Hall–Kier alpha value is -2.24. The van der Waals surface area contributed by atoms with Crippen molar-refractivity contribution in [3.63, 3.8) is 0 Å². The van der Waals surface area contributed by atoms with Crippen LogP contribution < -0.4 is 10.1 Å². The van der Waals surface area contributed by atoms with E-state index in [1.807, 2.05) is 31.2 Å². The second-order valence-corrected chi connectivity index (χ2v) is 9.38. The zero-order valence-electron chi connectivity index (χ0n) is 19.3. The van der Waals surface area contributed by atoms with E-state index in [4.69, 9.17) is 27.9 Å². The van der Waals surface area contributed by atoms with Gasteiger partial charge in [0.1, 0.15) is 11.8 Å². The Kier molecular flexibility index (Phi) is 9.45. The van der Waals surface area contributed by atoms with Crippen molar-refractivity contribution in [2.75, 3.05) is 7.11 Å². The third-order valence-corrected chi connectivity index (χ3v) is 6.90. The number of nitrogens with one attached hydrogen (secondary N) is 1. The van der Waals surface area contributed by atoms with Crippen molar-refractivity contribution < 1.29 is 14.3 Å². The summed E-state index contributed by atoms with van der Waals surface area (Å²) < 4.78 is 5.34. The first-order valence-corrected chi connectivity index (χ1v) is 12.3. The standard InChI is InChI=1S/C26H32Cl2N2O3/c1-3-24(26(32)29-20-9-5-4-6-10-20)30(17-19-8-7-11-21(14-19)33-2)25(31)16-18-12-13-22(27)23(28)15-18/h7-8,11-15,20,24H,3-6,9-10,16-17H2,1-2H3,(H,29,32)/t24-/m0/s1. The second-order valence-electron chi connectivity index (χ2n) is 8.57. The van der Waals surface area contributed by atoms with Gasteiger partial charge >= 0.3 is 0 Å². The number of rotatable bonds is 9. The maximum atomic E-state index is 13.5. The van der Waals surface area contributed by atoms with E-state index in [1.165, 1.54) is 6.42 Å². The van der Waals surface area contributed by atoms with E-state index in [0.717, 1.165) is 36.8 Å². The number of hydrogen-bond acceptors (Lipinski definition) is 3. The van der Waals surface area contributed by atoms with Crippen LogP contribution in [0.5, 0.6) is 5.75 Å². The predicted molar refractivity (Wildman–Crippen MR) is 133 cm³/mol. The summed E-state index contributed by atoms with van der Waals surface area (Å²) in [6.45, 7) is 2.25. The predicted octanol–water partition coefficient (Wildman–Crippen LogP) is 5.80. The summed E-state index contributed by atoms with van der Waals surface area (Å²) in [4.78, 5) is 28.5. The van der Waals surface area contributed by atoms with E-state index in [1.54, 1.807) is 30.2 Å². The Bertz CT molecular complexity index is 960. The van der Waals surface area contributed by atoms with Gasteiger partial charge < -0.3 is 15.0 Å². The maximum absolute atomic E-state index is 13.5. The van der Waals surface area contributed by atoms with Gasteiger partial charge in [-0.25, -0.2) is 0 Å². The SMILES string of the molecule is CC[C@@H](C(=O)NC1CCCCC1)N(Cc1cccc(OC)c1)C(=O)Cc1ccc(Cl)c(Cl)c1. The van der Waals surface area contributed by atoms with Crippen molar-refractivity contribution >= 4 is 35.0 Å². The largest absolute Gasteiger partial charge is 0.497 e. The molecular weight excluding hydrogens is 459 g/mol. The topological polar surface area (TPSA) is 58.6 Å². The van der Waals surface area contributed by atoms with Crippen molar-refractivity contribution in [1.29, 1.82) is 0 Å². The van der Waals surface area contributed by atoms with E-state index in [9.17, 15) is 9.59 Å². The highest BCUT2D eigenvalue weighted by molar-refractivity contribution is 6.42. The summed E-state index contributed by atoms with van der Waals surface area (Å²) in [5.74, 6) is 0.487. The number of ether oxygens (including phenoxy) is 1. The van der Waals surface area contributed by atoms with Crippen LogP contribution in [-0.4, -0.2) is 35.9 Å². The molecule has 0 spiro atoms. The molecule has 33 heavy (non-hydrogen) atoms. The Labute approximate surface area is 206 Å². The van der Waals surface area contributed by atoms with Crippen molar-refractivity contribution in [2.24, 2.45) is 0 Å². The molecule has 1 saturated carbocycles. The van der Waals surface area contributed by atoms with Gasteiger partial charge in [0, 0.05) is 12.6 Å². The first kappa shape index (κ1) is 25.4. The minimum Gasteiger partial charge on any atom is -0.497 e. The number of methoxy groups -OCH3 is 1. The number of carbonyl (C=O) groups excluding carboxylic acids is 2. The summed E-state index contributed by atoms with van der Waals surface area (Å²) in [6, 6.07) is 12.4. The molecule has 0 heterocycles. The second kappa shape index (κ2) is 12.3. The highest BCUT2D eigenvalue weighted by Gasteiger charge is 2.30. The van der Waals surface area contributed by atoms with Gasteiger partial charge in [-0.05, 0) is 54.7 Å². The quantitative estimate of drug-likeness (QED) is 0.482. The first-order valence-electron chi connectivity index (χ1n) is 11.6. The Morgan fingerprint density at radius 2 is 1.82 bits per heavy atom. The van der Waals surface area contributed by atoms with Crippen LogP contribution >= 0.6 is 23.2 Å². The molecule has 1 aliphatic carbocycles. The number of halogens is 2. The molecule has 0 radical (unpaired) electrons. The Morgan fingerprint density at radius 1 is 1.06 bits per heavy atom. The average Bonchev–Trinajstić information content (AvgIpc) is 2.82. The summed E-state index contributed by atoms with van der Waals surface area (Å²) >= 11 is 12.2. The van der Waals surface area contributed by atoms with E-state index in [0.29, 0.717) is 28.8 Å². The molecule has 2 aromatic carbocycles. The summed E-state index contributed by atoms with van der Waals surface area (Å²) in [6.07, 6.45) is 6.12. The first-order chi connectivity index (χ1) is 15.9. The molecule has 2 amide bonds. The highest BCUT2D eigenvalue weighted by atomic mass is 35.5. The van der Waals surface area contributed by atoms with Gasteiger partial charge in [0.25, 0.3) is 0 Å². The number of nitrogens with zero attached hydrogens (tertiary/aromatic N) is 1. The number of carbonyl (C=O) groups is 2. The summed E-state index contributed by atoms with van der Waals surface area (Å²) in [7, 11) is 1.61. The minimum atomic E-state index is -0.562. The third kappa shape index (κ3) is 7.12. The molecule has 0 saturated heterocycles. The van der Waals surface area contributed by atoms with Gasteiger partial charge in [-0.2, -0.15) is 0 Å². The zero-order valence-corrected chi connectivity index (χ0v) is 20.8. The van der Waals surface area contributed by atoms with Crippen molar-refractivity contribution in [3.8, 4) is 5.75 Å². The molecule has 0 unspecified atom stereocenters. The van der Waals surface area contributed by atoms with Crippen molar-refractivity contribution in [3.05, 3.63) is 63.6 Å². The molecule has 1 N–H and O–H groups in total. The highest BCUT2D eigenvalue weighted by Crippen LogP contribution is 2.24. The molecule has 1 aliphatic rings. The monoisotopic (exact) mass is 490 g/mol. The van der Waals surface area contributed by atoms with E-state index >= 15 is 0 Å². The van der Waals surface area contributed by atoms with Gasteiger partial charge in [0.05, 0.1) is 23.6 Å². The van der Waals surface area contributed by atoms with Crippen molar-refractivity contribution in [1.82, 2.24) is 10.2 Å². The lowest BCUT2D eigenvalue weighted by Gasteiger charge is -2.33. The fourth-order valence-electron chi connectivity index (χ4n) is 4.36. The van der Waals surface area contributed by atoms with Crippen LogP contribution in [-0.2, 0) is 22.6 Å². The van der Waals surface area contributed by atoms with Crippen LogP contribution in [0.2, 0.25) is 10.0 Å². The normalized spacial score (nSPS) is 15.0. The molecular formula is C26H32Cl2N2O3. The molecule has 0 bridgehead atoms. The molecule has 0 aliphatic heterocycles. The molecule has 1 fully saturated rings. The fraction of sp³-hybridized carbons (Fsp3) is 0.462. The van der Waals surface area contributed by atoms with Crippen LogP contribution in [0, 0.1) is 0 Å². The lowest BCUT2D eigenvalue weighted by Crippen LogP contribution is -2.51. The minimum absolute atomic E-state index is 0.0882. The summed E-state index contributed by atoms with van der Waals surface area (Å²) in [5.41, 5.74) is 1.66. The van der Waals surface area contributed by atoms with E-state index in [-0.39, 0.29) is 24.3 Å². The zero-order chi connectivity index (χ0) is 23.8. The van der Waals surface area contributed by atoms with Crippen LogP contribution in [0.1, 0.15) is 56.6 Å². The van der Waals surface area contributed by atoms with Crippen LogP contribution in [0.4, 0.5) is 0 Å². The van der Waals surface area contributed by atoms with Gasteiger partial charge in [-0.3, -0.25) is 9.59 Å². The molecule has 178 valence electrons. The number of hydrogen-bond donors (Lipinski definition) is 1. The van der Waals surface area contributed by atoms with Crippen LogP contribution in [0.3, 0.4) is 0 Å². The molecule has 1 atom stereocenters. The summed E-state index contributed by atoms with van der Waals surface area (Å²) in [5, 5.41) is 4.05. The molecule has 2 aromatic rings.